The topological polar surface area (TPSA) is 71.3 Å². The van der Waals surface area contributed by atoms with Gasteiger partial charge in [0.15, 0.2) is 0 Å². The van der Waals surface area contributed by atoms with Crippen LogP contribution in [-0.2, 0) is 24.2 Å². The van der Waals surface area contributed by atoms with E-state index in [-0.39, 0.29) is 23.9 Å². The first kappa shape index (κ1) is 18.8. The van der Waals surface area contributed by atoms with Crippen LogP contribution in [-0.4, -0.2) is 27.6 Å². The third-order valence-corrected chi connectivity index (χ3v) is 4.38. The minimum absolute atomic E-state index is 0.0344. The van der Waals surface area contributed by atoms with Crippen LogP contribution in [0.4, 0.5) is 0 Å². The molecule has 2 N–H and O–H groups in total. The average Bonchev–Trinajstić information content (AvgIpc) is 2.89. The number of carboxylic acid groups (broad SMARTS) is 1. The first-order valence-corrected chi connectivity index (χ1v) is 8.67. The fourth-order valence-corrected chi connectivity index (χ4v) is 3.09. The quantitative estimate of drug-likeness (QED) is 0.774. The second-order valence-electron chi connectivity index (χ2n) is 6.39. The molecule has 0 unspecified atom stereocenters. The highest BCUT2D eigenvalue weighted by molar-refractivity contribution is 5.93. The van der Waals surface area contributed by atoms with Gasteiger partial charge in [-0.25, -0.2) is 4.79 Å². The average molecular weight is 342 g/mol. The van der Waals surface area contributed by atoms with Gasteiger partial charge in [0.2, 0.25) is 5.91 Å². The predicted molar refractivity (Wildman–Crippen MR) is 97.9 cm³/mol. The number of carbonyl (C=O) groups excluding carboxylic acids is 1. The standard InChI is InChI=1S/C20H26N2O3/c1-4-22-13-14(2)19(20(24)25)17(22)12-18(23)21-15(3)10-11-16-8-6-5-7-9-16/h5-9,13,15H,4,10-12H2,1-3H3,(H,21,23)(H,24,25)/t15-/m0/s1. The number of aromatic carboxylic acids is 1. The minimum Gasteiger partial charge on any atom is -0.478 e. The lowest BCUT2D eigenvalue weighted by atomic mass is 10.1. The number of aryl methyl sites for hydroxylation is 3. The van der Waals surface area contributed by atoms with Gasteiger partial charge in [-0.2, -0.15) is 0 Å². The van der Waals surface area contributed by atoms with Crippen molar-refractivity contribution in [1.82, 2.24) is 9.88 Å². The number of benzene rings is 1. The van der Waals surface area contributed by atoms with Gasteiger partial charge in [-0.1, -0.05) is 30.3 Å². The molecule has 0 bridgehead atoms. The largest absolute Gasteiger partial charge is 0.478 e. The number of hydrogen-bond acceptors (Lipinski definition) is 2. The van der Waals surface area contributed by atoms with Crippen LogP contribution in [0.25, 0.3) is 0 Å². The molecule has 1 atom stereocenters. The number of aromatic nitrogens is 1. The van der Waals surface area contributed by atoms with Crippen LogP contribution in [0.3, 0.4) is 0 Å². The van der Waals surface area contributed by atoms with Crippen molar-refractivity contribution < 1.29 is 14.7 Å². The fraction of sp³-hybridized carbons (Fsp3) is 0.400. The molecule has 0 aliphatic heterocycles. The van der Waals surface area contributed by atoms with Crippen LogP contribution >= 0.6 is 0 Å². The molecule has 0 saturated heterocycles. The second-order valence-corrected chi connectivity index (χ2v) is 6.39. The van der Waals surface area contributed by atoms with Crippen LogP contribution < -0.4 is 5.32 Å². The summed E-state index contributed by atoms with van der Waals surface area (Å²) in [6.45, 7) is 6.32. The normalized spacial score (nSPS) is 12.0. The molecule has 2 rings (SSSR count). The number of rotatable bonds is 8. The van der Waals surface area contributed by atoms with E-state index in [9.17, 15) is 14.7 Å². The first-order valence-electron chi connectivity index (χ1n) is 8.67. The summed E-state index contributed by atoms with van der Waals surface area (Å²) >= 11 is 0. The van der Waals surface area contributed by atoms with Crippen LogP contribution in [0.5, 0.6) is 0 Å². The molecular formula is C20H26N2O3. The molecule has 1 aromatic carbocycles. The molecule has 0 spiro atoms. The van der Waals surface area contributed by atoms with Gasteiger partial charge in [-0.3, -0.25) is 4.79 Å². The Morgan fingerprint density at radius 3 is 2.52 bits per heavy atom. The summed E-state index contributed by atoms with van der Waals surface area (Å²) in [5.74, 6) is -1.12. The summed E-state index contributed by atoms with van der Waals surface area (Å²) < 4.78 is 1.84. The lowest BCUT2D eigenvalue weighted by Crippen LogP contribution is -2.34. The number of nitrogens with zero attached hydrogens (tertiary/aromatic N) is 1. The van der Waals surface area contributed by atoms with E-state index in [2.05, 4.69) is 17.4 Å². The maximum Gasteiger partial charge on any atom is 0.337 e. The fourth-order valence-electron chi connectivity index (χ4n) is 3.09. The maximum absolute atomic E-state index is 12.4. The van der Waals surface area contributed by atoms with Crippen molar-refractivity contribution in [1.29, 1.82) is 0 Å². The Bertz CT molecular complexity index is 735. The number of hydrogen-bond donors (Lipinski definition) is 2. The molecule has 5 heteroatoms. The summed E-state index contributed by atoms with van der Waals surface area (Å²) in [5, 5.41) is 12.4. The predicted octanol–water partition coefficient (Wildman–Crippen LogP) is 3.19. The van der Waals surface area contributed by atoms with E-state index in [4.69, 9.17) is 0 Å². The molecule has 0 radical (unpaired) electrons. The number of nitrogens with one attached hydrogen (secondary N) is 1. The molecule has 0 aliphatic rings. The second kappa shape index (κ2) is 8.51. The van der Waals surface area contributed by atoms with E-state index in [1.165, 1.54) is 5.56 Å². The van der Waals surface area contributed by atoms with Crippen LogP contribution in [0, 0.1) is 6.92 Å². The molecule has 0 fully saturated rings. The van der Waals surface area contributed by atoms with E-state index < -0.39 is 5.97 Å². The van der Waals surface area contributed by atoms with Gasteiger partial charge in [0.1, 0.15) is 0 Å². The third-order valence-electron chi connectivity index (χ3n) is 4.38. The van der Waals surface area contributed by atoms with Crippen molar-refractivity contribution in [3.05, 3.63) is 58.9 Å². The van der Waals surface area contributed by atoms with Gasteiger partial charge in [0.25, 0.3) is 0 Å². The van der Waals surface area contributed by atoms with Gasteiger partial charge in [-0.05, 0) is 44.7 Å². The molecule has 0 saturated carbocycles. The summed E-state index contributed by atoms with van der Waals surface area (Å²) in [7, 11) is 0. The van der Waals surface area contributed by atoms with Crippen LogP contribution in [0.15, 0.2) is 36.5 Å². The Morgan fingerprint density at radius 1 is 1.24 bits per heavy atom. The number of carbonyl (C=O) groups is 2. The zero-order valence-electron chi connectivity index (χ0n) is 15.1. The van der Waals surface area contributed by atoms with Crippen molar-refractivity contribution in [2.75, 3.05) is 0 Å². The summed E-state index contributed by atoms with van der Waals surface area (Å²) in [4.78, 5) is 23.9. The Hall–Kier alpha value is -2.56. The molecule has 1 aromatic heterocycles. The van der Waals surface area contributed by atoms with Crippen LogP contribution in [0.1, 0.15) is 47.4 Å². The SMILES string of the molecule is CCn1cc(C)c(C(=O)O)c1CC(=O)N[C@@H](C)CCc1ccccc1. The highest BCUT2D eigenvalue weighted by Gasteiger charge is 2.21. The summed E-state index contributed by atoms with van der Waals surface area (Å²) in [6.07, 6.45) is 3.62. The molecule has 2 aromatic rings. The smallest absolute Gasteiger partial charge is 0.337 e. The Balaban J connectivity index is 1.97. The Morgan fingerprint density at radius 2 is 1.92 bits per heavy atom. The van der Waals surface area contributed by atoms with E-state index in [0.717, 1.165) is 12.8 Å². The molecule has 5 nitrogen and oxygen atoms in total. The highest BCUT2D eigenvalue weighted by Crippen LogP contribution is 2.18. The van der Waals surface area contributed by atoms with E-state index in [1.807, 2.05) is 36.6 Å². The molecule has 25 heavy (non-hydrogen) atoms. The van der Waals surface area contributed by atoms with Crippen molar-refractivity contribution >= 4 is 11.9 Å². The molecule has 1 amide bonds. The first-order chi connectivity index (χ1) is 11.9. The molecule has 134 valence electrons. The summed E-state index contributed by atoms with van der Waals surface area (Å²) in [6, 6.07) is 10.2. The monoisotopic (exact) mass is 342 g/mol. The third kappa shape index (κ3) is 4.95. The van der Waals surface area contributed by atoms with Gasteiger partial charge >= 0.3 is 5.97 Å². The summed E-state index contributed by atoms with van der Waals surface area (Å²) in [5.41, 5.74) is 2.75. The highest BCUT2D eigenvalue weighted by atomic mass is 16.4. The van der Waals surface area contributed by atoms with Gasteiger partial charge < -0.3 is 15.0 Å². The van der Waals surface area contributed by atoms with Crippen molar-refractivity contribution in [2.45, 2.75) is 52.6 Å². The van der Waals surface area contributed by atoms with Gasteiger partial charge in [0.05, 0.1) is 12.0 Å². The number of amides is 1. The molecule has 0 aliphatic carbocycles. The van der Waals surface area contributed by atoms with Crippen molar-refractivity contribution in [3.8, 4) is 0 Å². The van der Waals surface area contributed by atoms with E-state index >= 15 is 0 Å². The van der Waals surface area contributed by atoms with Gasteiger partial charge in [-0.15, -0.1) is 0 Å². The van der Waals surface area contributed by atoms with E-state index in [1.54, 1.807) is 13.1 Å². The van der Waals surface area contributed by atoms with Crippen molar-refractivity contribution in [3.63, 3.8) is 0 Å². The van der Waals surface area contributed by atoms with Gasteiger partial charge in [0, 0.05) is 24.5 Å². The molecule has 1 heterocycles. The van der Waals surface area contributed by atoms with Crippen LogP contribution in [0.2, 0.25) is 0 Å². The zero-order chi connectivity index (χ0) is 18.4. The maximum atomic E-state index is 12.4. The van der Waals surface area contributed by atoms with Crippen molar-refractivity contribution in [2.24, 2.45) is 0 Å². The van der Waals surface area contributed by atoms with E-state index in [0.29, 0.717) is 17.8 Å². The minimum atomic E-state index is -0.982. The number of carboxylic acids is 1. The molecular weight excluding hydrogens is 316 g/mol. The Labute approximate surface area is 148 Å². The Kier molecular flexibility index (Phi) is 6.39. The zero-order valence-corrected chi connectivity index (χ0v) is 15.1. The lowest BCUT2D eigenvalue weighted by Gasteiger charge is -2.15. The lowest BCUT2D eigenvalue weighted by molar-refractivity contribution is -0.121.